The van der Waals surface area contributed by atoms with E-state index >= 15 is 0 Å². The number of hydrogen-bond acceptors (Lipinski definition) is 4. The molecule has 172 valence electrons. The van der Waals surface area contributed by atoms with Crippen LogP contribution < -0.4 is 0 Å². The summed E-state index contributed by atoms with van der Waals surface area (Å²) in [5.41, 5.74) is 5.67. The van der Waals surface area contributed by atoms with Crippen LogP contribution >= 0.6 is 0 Å². The summed E-state index contributed by atoms with van der Waals surface area (Å²) in [6, 6.07) is 17.9. The maximum Gasteiger partial charge on any atom is 0.207 e. The predicted molar refractivity (Wildman–Crippen MR) is 128 cm³/mol. The lowest BCUT2D eigenvalue weighted by Crippen LogP contribution is -2.35. The number of para-hydroxylation sites is 1. The number of rotatable bonds is 4. The van der Waals surface area contributed by atoms with E-state index in [1.54, 1.807) is 24.3 Å². The zero-order valence-electron chi connectivity index (χ0n) is 18.6. The molecule has 1 atom stereocenters. The zero-order valence-corrected chi connectivity index (χ0v) is 18.6. The van der Waals surface area contributed by atoms with Gasteiger partial charge in [0.05, 0.1) is 17.2 Å². The zero-order chi connectivity index (χ0) is 23.9. The Balaban J connectivity index is 1.48. The molecule has 8 heteroatoms. The first-order chi connectivity index (χ1) is 17.1. The Morgan fingerprint density at radius 2 is 1.91 bits per heavy atom. The number of H-pyrrole nitrogens is 2. The standard InChI is InChI=1S/C27H20F2N6/c1-2-17-13-16(7-9-22(17)28)15-35-12-11-20-19-5-3-4-6-24(19)30-25(20)26(35)18-8-10-23(29)21(14-18)27-31-33-34-32-27/h1,3-10,13-14,26,30H,11-12,15H2,(H,31,32,33,34). The Morgan fingerprint density at radius 1 is 1.06 bits per heavy atom. The van der Waals surface area contributed by atoms with Crippen LogP contribution in [0.1, 0.15) is 34.0 Å². The number of aromatic amines is 2. The van der Waals surface area contributed by atoms with Gasteiger partial charge < -0.3 is 4.98 Å². The molecule has 1 unspecified atom stereocenters. The van der Waals surface area contributed by atoms with E-state index in [2.05, 4.69) is 48.6 Å². The van der Waals surface area contributed by atoms with Gasteiger partial charge in [-0.05, 0) is 58.7 Å². The molecule has 0 radical (unpaired) electrons. The summed E-state index contributed by atoms with van der Waals surface area (Å²) in [4.78, 5) is 5.89. The van der Waals surface area contributed by atoms with E-state index in [4.69, 9.17) is 6.42 Å². The number of nitrogens with one attached hydrogen (secondary N) is 2. The minimum absolute atomic E-state index is 0.195. The molecule has 0 bridgehead atoms. The molecule has 3 aromatic carbocycles. The third-order valence-corrected chi connectivity index (χ3v) is 6.60. The van der Waals surface area contributed by atoms with Crippen LogP contribution in [-0.4, -0.2) is 37.1 Å². The summed E-state index contributed by atoms with van der Waals surface area (Å²) in [6.45, 7) is 1.31. The van der Waals surface area contributed by atoms with Crippen LogP contribution in [0.2, 0.25) is 0 Å². The third-order valence-electron chi connectivity index (χ3n) is 6.60. The van der Waals surface area contributed by atoms with Crippen molar-refractivity contribution in [3.63, 3.8) is 0 Å². The number of tetrazole rings is 1. The number of hydrogen-bond donors (Lipinski definition) is 2. The number of nitrogens with zero attached hydrogens (tertiary/aromatic N) is 4. The fourth-order valence-electron chi connectivity index (χ4n) is 5.01. The van der Waals surface area contributed by atoms with Crippen LogP contribution in [0, 0.1) is 24.0 Å². The first-order valence-corrected chi connectivity index (χ1v) is 11.2. The van der Waals surface area contributed by atoms with Crippen molar-refractivity contribution in [1.29, 1.82) is 0 Å². The molecule has 1 aliphatic rings. The van der Waals surface area contributed by atoms with Crippen molar-refractivity contribution >= 4 is 10.9 Å². The largest absolute Gasteiger partial charge is 0.357 e. The quantitative estimate of drug-likeness (QED) is 0.375. The molecule has 0 fully saturated rings. The molecule has 0 saturated heterocycles. The number of benzene rings is 3. The maximum atomic E-state index is 14.7. The van der Waals surface area contributed by atoms with Crippen molar-refractivity contribution in [2.45, 2.75) is 19.0 Å². The van der Waals surface area contributed by atoms with Gasteiger partial charge in [-0.15, -0.1) is 16.6 Å². The Hall–Kier alpha value is -4.35. The molecule has 5 aromatic rings. The summed E-state index contributed by atoms with van der Waals surface area (Å²) in [6.07, 6.45) is 6.34. The molecule has 35 heavy (non-hydrogen) atoms. The van der Waals surface area contributed by atoms with Gasteiger partial charge >= 0.3 is 0 Å². The molecule has 6 nitrogen and oxygen atoms in total. The Kier molecular flexibility index (Phi) is 5.12. The molecular formula is C27H20F2N6. The summed E-state index contributed by atoms with van der Waals surface area (Å²) < 4.78 is 28.7. The smallest absolute Gasteiger partial charge is 0.207 e. The normalized spacial score (nSPS) is 15.7. The molecule has 0 aliphatic carbocycles. The van der Waals surface area contributed by atoms with Gasteiger partial charge in [0.2, 0.25) is 5.82 Å². The van der Waals surface area contributed by atoms with E-state index in [1.165, 1.54) is 23.1 Å². The summed E-state index contributed by atoms with van der Waals surface area (Å²) in [5.74, 6) is 1.78. The lowest BCUT2D eigenvalue weighted by atomic mass is 9.91. The van der Waals surface area contributed by atoms with Gasteiger partial charge in [0.15, 0.2) is 0 Å². The highest BCUT2D eigenvalue weighted by Crippen LogP contribution is 2.40. The lowest BCUT2D eigenvalue weighted by molar-refractivity contribution is 0.202. The van der Waals surface area contributed by atoms with Gasteiger partial charge in [-0.1, -0.05) is 36.3 Å². The average molecular weight is 466 g/mol. The van der Waals surface area contributed by atoms with Gasteiger partial charge in [0.1, 0.15) is 11.6 Å². The van der Waals surface area contributed by atoms with E-state index in [9.17, 15) is 8.78 Å². The van der Waals surface area contributed by atoms with Crippen molar-refractivity contribution in [3.05, 3.63) is 100 Å². The van der Waals surface area contributed by atoms with Crippen LogP contribution in [0.15, 0.2) is 60.7 Å². The Bertz CT molecular complexity index is 1580. The van der Waals surface area contributed by atoms with E-state index < -0.39 is 11.6 Å². The van der Waals surface area contributed by atoms with Crippen LogP contribution in [-0.2, 0) is 13.0 Å². The monoisotopic (exact) mass is 466 g/mol. The number of halogens is 2. The van der Waals surface area contributed by atoms with Crippen LogP contribution in [0.5, 0.6) is 0 Å². The van der Waals surface area contributed by atoms with Gasteiger partial charge in [-0.3, -0.25) is 4.90 Å². The van der Waals surface area contributed by atoms with Gasteiger partial charge in [-0.2, -0.15) is 5.21 Å². The van der Waals surface area contributed by atoms with Crippen LogP contribution in [0.25, 0.3) is 22.3 Å². The van der Waals surface area contributed by atoms with Crippen molar-refractivity contribution in [2.75, 3.05) is 6.54 Å². The molecule has 6 rings (SSSR count). The third kappa shape index (κ3) is 3.66. The van der Waals surface area contributed by atoms with E-state index in [0.717, 1.165) is 35.3 Å². The van der Waals surface area contributed by atoms with Crippen molar-refractivity contribution in [3.8, 4) is 23.7 Å². The second-order valence-corrected chi connectivity index (χ2v) is 8.62. The first-order valence-electron chi connectivity index (χ1n) is 11.2. The van der Waals surface area contributed by atoms with Crippen LogP contribution in [0.4, 0.5) is 8.78 Å². The highest BCUT2D eigenvalue weighted by Gasteiger charge is 2.32. The van der Waals surface area contributed by atoms with Crippen molar-refractivity contribution in [2.24, 2.45) is 0 Å². The molecule has 3 heterocycles. The van der Waals surface area contributed by atoms with E-state index in [-0.39, 0.29) is 23.0 Å². The predicted octanol–water partition coefficient (Wildman–Crippen LogP) is 4.76. The minimum Gasteiger partial charge on any atom is -0.357 e. The Labute approximate surface area is 200 Å². The Morgan fingerprint density at radius 3 is 2.74 bits per heavy atom. The van der Waals surface area contributed by atoms with Gasteiger partial charge in [0.25, 0.3) is 0 Å². The number of terminal acetylenes is 1. The lowest BCUT2D eigenvalue weighted by Gasteiger charge is -2.36. The first kappa shape index (κ1) is 21.2. The van der Waals surface area contributed by atoms with Gasteiger partial charge in [-0.25, -0.2) is 8.78 Å². The summed E-state index contributed by atoms with van der Waals surface area (Å²) in [5, 5.41) is 15.1. The van der Waals surface area contributed by atoms with Crippen LogP contribution in [0.3, 0.4) is 0 Å². The molecule has 0 saturated carbocycles. The average Bonchev–Trinajstić information content (AvgIpc) is 3.54. The topological polar surface area (TPSA) is 73.5 Å². The fraction of sp³-hybridized carbons (Fsp3) is 0.148. The van der Waals surface area contributed by atoms with E-state index in [0.29, 0.717) is 6.54 Å². The SMILES string of the molecule is C#Cc1cc(CN2CCc3c([nH]c4ccccc34)C2c2ccc(F)c(-c3nn[nH]n3)c2)ccc1F. The molecule has 0 spiro atoms. The van der Waals surface area contributed by atoms with Crippen molar-refractivity contribution < 1.29 is 8.78 Å². The number of fused-ring (bicyclic) bond motifs is 3. The molecule has 1 aliphatic heterocycles. The van der Waals surface area contributed by atoms with Crippen molar-refractivity contribution in [1.82, 2.24) is 30.5 Å². The molecule has 2 N–H and O–H groups in total. The second-order valence-electron chi connectivity index (χ2n) is 8.62. The van der Waals surface area contributed by atoms with Gasteiger partial charge in [0, 0.05) is 29.7 Å². The minimum atomic E-state index is -0.424. The maximum absolute atomic E-state index is 14.7. The molecular weight excluding hydrogens is 446 g/mol. The fourth-order valence-corrected chi connectivity index (χ4v) is 5.01. The van der Waals surface area contributed by atoms with E-state index in [1.807, 2.05) is 12.1 Å². The number of aromatic nitrogens is 5. The summed E-state index contributed by atoms with van der Waals surface area (Å²) >= 11 is 0. The highest BCUT2D eigenvalue weighted by atomic mass is 19.1. The molecule has 2 aromatic heterocycles. The second kappa shape index (κ2) is 8.46. The summed E-state index contributed by atoms with van der Waals surface area (Å²) in [7, 11) is 0. The highest BCUT2D eigenvalue weighted by molar-refractivity contribution is 5.85. The molecule has 0 amide bonds.